The van der Waals surface area contributed by atoms with E-state index in [-0.39, 0.29) is 29.6 Å². The lowest BCUT2D eigenvalue weighted by atomic mass is 9.70. The molecular formula is C30H30N8O4S. The van der Waals surface area contributed by atoms with E-state index in [0.29, 0.717) is 62.4 Å². The van der Waals surface area contributed by atoms with Crippen LogP contribution in [0.3, 0.4) is 0 Å². The van der Waals surface area contributed by atoms with E-state index in [2.05, 4.69) is 27.1 Å². The van der Waals surface area contributed by atoms with Gasteiger partial charge in [0.1, 0.15) is 5.54 Å². The summed E-state index contributed by atoms with van der Waals surface area (Å²) in [7, 11) is 0. The first-order valence-corrected chi connectivity index (χ1v) is 14.5. The number of rotatable bonds is 6. The summed E-state index contributed by atoms with van der Waals surface area (Å²) < 4.78 is 6.33. The number of carbonyl (C=O) groups is 3. The summed E-state index contributed by atoms with van der Waals surface area (Å²) in [4.78, 5) is 46.3. The molecule has 1 aromatic carbocycles. The van der Waals surface area contributed by atoms with Crippen molar-refractivity contribution >= 4 is 44.7 Å². The Balaban J connectivity index is 1.39. The van der Waals surface area contributed by atoms with Gasteiger partial charge in [-0.3, -0.25) is 14.4 Å². The molecule has 2 aliphatic rings. The van der Waals surface area contributed by atoms with Gasteiger partial charge < -0.3 is 32.2 Å². The fraction of sp³-hybridized carbons (Fsp3) is 0.267. The highest BCUT2D eigenvalue weighted by Crippen LogP contribution is 2.50. The number of nitrogens with two attached hydrogens (primary N) is 3. The fourth-order valence-electron chi connectivity index (χ4n) is 5.95. The largest absolute Gasteiger partial charge is 0.419 e. The first-order chi connectivity index (χ1) is 20.6. The van der Waals surface area contributed by atoms with E-state index >= 15 is 0 Å². The third kappa shape index (κ3) is 4.71. The molecule has 3 aromatic heterocycles. The number of piperidine rings is 1. The van der Waals surface area contributed by atoms with Gasteiger partial charge in [-0.15, -0.1) is 16.4 Å². The van der Waals surface area contributed by atoms with Gasteiger partial charge in [0.25, 0.3) is 5.91 Å². The molecule has 0 spiro atoms. The summed E-state index contributed by atoms with van der Waals surface area (Å²) in [5.74, 6) is -0.519. The minimum absolute atomic E-state index is 0.182. The number of carbonyl (C=O) groups excluding carboxylic acids is 3. The highest BCUT2D eigenvalue weighted by atomic mass is 32.1. The van der Waals surface area contributed by atoms with Crippen molar-refractivity contribution in [1.82, 2.24) is 25.4 Å². The van der Waals surface area contributed by atoms with Crippen LogP contribution in [0.15, 0.2) is 55.4 Å². The number of ether oxygens (including phenoxy) is 1. The molecule has 220 valence electrons. The van der Waals surface area contributed by atoms with Gasteiger partial charge in [0.05, 0.1) is 15.6 Å². The third-order valence-corrected chi connectivity index (χ3v) is 9.28. The van der Waals surface area contributed by atoms with Crippen LogP contribution in [0.1, 0.15) is 50.8 Å². The van der Waals surface area contributed by atoms with Gasteiger partial charge in [0, 0.05) is 65.9 Å². The molecule has 1 fully saturated rings. The number of ketones is 1. The normalized spacial score (nSPS) is 21.5. The van der Waals surface area contributed by atoms with E-state index in [1.807, 2.05) is 0 Å². The number of amides is 2. The Kier molecular flexibility index (Phi) is 7.16. The molecular weight excluding hydrogens is 568 g/mol. The summed E-state index contributed by atoms with van der Waals surface area (Å²) in [6.07, 6.45) is 5.74. The minimum atomic E-state index is -1.66. The van der Waals surface area contributed by atoms with Crippen molar-refractivity contribution in [2.45, 2.75) is 37.4 Å². The van der Waals surface area contributed by atoms with Crippen LogP contribution in [0.4, 0.5) is 5.69 Å². The van der Waals surface area contributed by atoms with E-state index < -0.39 is 17.4 Å². The number of hydrogen-bond donors (Lipinski definition) is 4. The number of nitrogens with zero attached hydrogens (tertiary/aromatic N) is 4. The van der Waals surface area contributed by atoms with Crippen molar-refractivity contribution in [2.75, 3.05) is 18.8 Å². The Morgan fingerprint density at radius 2 is 2.07 bits per heavy atom. The monoisotopic (exact) mass is 598 g/mol. The molecule has 0 bridgehead atoms. The first-order valence-electron chi connectivity index (χ1n) is 13.7. The Morgan fingerprint density at radius 1 is 1.26 bits per heavy atom. The minimum Gasteiger partial charge on any atom is -0.419 e. The van der Waals surface area contributed by atoms with Crippen molar-refractivity contribution < 1.29 is 19.1 Å². The Labute approximate surface area is 250 Å². The molecule has 13 heteroatoms. The lowest BCUT2D eigenvalue weighted by molar-refractivity contribution is -0.127. The van der Waals surface area contributed by atoms with Crippen molar-refractivity contribution in [1.29, 1.82) is 0 Å². The smallest absolute Gasteiger partial charge is 0.262 e. The SMILES string of the molecule is C=CC(=O)N1CCCC(NC(=O)c2sc3c(N)ccc4c3c2C(N)C(=O)C4(N)c2cnc(Oc3cccnn3)cc2C)C1. The highest BCUT2D eigenvalue weighted by Gasteiger charge is 2.49. The Hall–Kier alpha value is -4.72. The van der Waals surface area contributed by atoms with Gasteiger partial charge in [-0.2, -0.15) is 5.10 Å². The van der Waals surface area contributed by atoms with Crippen molar-refractivity contribution in [2.24, 2.45) is 11.5 Å². The van der Waals surface area contributed by atoms with Crippen molar-refractivity contribution in [3.63, 3.8) is 0 Å². The number of hydrogen-bond acceptors (Lipinski definition) is 11. The number of anilines is 1. The summed E-state index contributed by atoms with van der Waals surface area (Å²) in [5.41, 5.74) is 20.8. The topological polar surface area (TPSA) is 192 Å². The predicted octanol–water partition coefficient (Wildman–Crippen LogP) is 2.46. The summed E-state index contributed by atoms with van der Waals surface area (Å²) in [6, 6.07) is 6.93. The standard InChI is InChI=1S/C30H30N8O4S/c1-3-22(39)38-11-5-6-16(14-38)36-29(41)27-24-23-17(8-9-19(31)26(23)43-27)30(33,28(40)25(24)32)18-13-34-21(12-15(18)2)42-20-7-4-10-35-37-20/h3-4,7-10,12-13,16,25H,1,5-6,11,14,31-33H2,2H3,(H,36,41). The number of pyridine rings is 1. The van der Waals surface area contributed by atoms with E-state index in [4.69, 9.17) is 21.9 Å². The van der Waals surface area contributed by atoms with Gasteiger partial charge in [0.15, 0.2) is 5.78 Å². The second-order valence-electron chi connectivity index (χ2n) is 10.7. The zero-order valence-corrected chi connectivity index (χ0v) is 24.2. The van der Waals surface area contributed by atoms with Crippen LogP contribution >= 0.6 is 11.3 Å². The quantitative estimate of drug-likeness (QED) is 0.189. The molecule has 2 amide bonds. The first kappa shape index (κ1) is 28.4. The molecule has 1 saturated heterocycles. The molecule has 12 nitrogen and oxygen atoms in total. The molecule has 4 heterocycles. The number of aryl methyl sites for hydroxylation is 1. The Morgan fingerprint density at radius 3 is 2.79 bits per heavy atom. The van der Waals surface area contributed by atoms with Crippen molar-refractivity contribution in [3.05, 3.63) is 82.5 Å². The molecule has 3 atom stereocenters. The molecule has 1 aliphatic carbocycles. The lowest BCUT2D eigenvalue weighted by Gasteiger charge is -2.37. The van der Waals surface area contributed by atoms with Crippen LogP contribution in [-0.2, 0) is 15.1 Å². The predicted molar refractivity (Wildman–Crippen MR) is 161 cm³/mol. The molecule has 1 aliphatic heterocycles. The number of benzene rings is 1. The summed E-state index contributed by atoms with van der Waals surface area (Å²) in [6.45, 7) is 6.32. The lowest BCUT2D eigenvalue weighted by Crippen LogP contribution is -2.53. The van der Waals surface area contributed by atoms with E-state index in [0.717, 1.165) is 6.42 Å². The second-order valence-corrected chi connectivity index (χ2v) is 11.7. The Bertz CT molecular complexity index is 1790. The number of Topliss-reactive ketones (excluding diaryl/α,β-unsaturated/α-hetero) is 1. The average molecular weight is 599 g/mol. The van der Waals surface area contributed by atoms with Gasteiger partial charge in [0.2, 0.25) is 17.7 Å². The molecule has 0 radical (unpaired) electrons. The van der Waals surface area contributed by atoms with Gasteiger partial charge in [-0.25, -0.2) is 4.98 Å². The van der Waals surface area contributed by atoms with Gasteiger partial charge in [-0.1, -0.05) is 12.6 Å². The van der Waals surface area contributed by atoms with Crippen molar-refractivity contribution in [3.8, 4) is 11.8 Å². The molecule has 6 rings (SSSR count). The number of thiophene rings is 1. The molecule has 43 heavy (non-hydrogen) atoms. The molecule has 7 N–H and O–H groups in total. The van der Waals surface area contributed by atoms with E-state index in [1.165, 1.54) is 29.8 Å². The van der Waals surface area contributed by atoms with Crippen LogP contribution in [0.25, 0.3) is 10.1 Å². The van der Waals surface area contributed by atoms with Crippen LogP contribution in [0.2, 0.25) is 0 Å². The maximum absolute atomic E-state index is 14.1. The summed E-state index contributed by atoms with van der Waals surface area (Å²) in [5, 5.41) is 11.3. The molecule has 3 unspecified atom stereocenters. The van der Waals surface area contributed by atoms with Gasteiger partial charge >= 0.3 is 0 Å². The zero-order valence-electron chi connectivity index (χ0n) is 23.4. The zero-order chi connectivity index (χ0) is 30.5. The fourth-order valence-corrected chi connectivity index (χ4v) is 7.15. The summed E-state index contributed by atoms with van der Waals surface area (Å²) >= 11 is 1.18. The van der Waals surface area contributed by atoms with Gasteiger partial charge in [-0.05, 0) is 49.1 Å². The van der Waals surface area contributed by atoms with Crippen LogP contribution in [0, 0.1) is 6.92 Å². The number of aromatic nitrogens is 3. The van der Waals surface area contributed by atoms with Crippen LogP contribution in [-0.4, -0.2) is 56.8 Å². The van der Waals surface area contributed by atoms with E-state index in [1.54, 1.807) is 42.2 Å². The maximum Gasteiger partial charge on any atom is 0.262 e. The maximum atomic E-state index is 14.1. The van der Waals surface area contributed by atoms with Crippen LogP contribution in [0.5, 0.6) is 11.8 Å². The second kappa shape index (κ2) is 10.8. The highest BCUT2D eigenvalue weighted by molar-refractivity contribution is 7.21. The number of likely N-dealkylation sites (tertiary alicyclic amines) is 1. The van der Waals surface area contributed by atoms with E-state index in [9.17, 15) is 14.4 Å². The average Bonchev–Trinajstić information content (AvgIpc) is 3.42. The molecule has 0 saturated carbocycles. The third-order valence-electron chi connectivity index (χ3n) is 8.03. The van der Waals surface area contributed by atoms with Crippen LogP contribution < -0.4 is 27.3 Å². The number of nitrogen functional groups attached to an aromatic ring is 1. The molecule has 4 aromatic rings. The number of nitrogens with one attached hydrogen (secondary N) is 1.